The van der Waals surface area contributed by atoms with Gasteiger partial charge in [0, 0.05) is 48.5 Å². The van der Waals surface area contributed by atoms with Gasteiger partial charge in [0.1, 0.15) is 0 Å². The second-order valence-electron chi connectivity index (χ2n) is 8.62. The third-order valence-corrected chi connectivity index (χ3v) is 6.90. The molecule has 0 saturated heterocycles. The Balaban J connectivity index is 2.04. The first kappa shape index (κ1) is 19.6. The van der Waals surface area contributed by atoms with E-state index in [1.54, 1.807) is 42.5 Å². The topological polar surface area (TPSA) is 81.4 Å². The Labute approximate surface area is 195 Å². The van der Waals surface area contributed by atoms with Crippen molar-refractivity contribution in [2.24, 2.45) is 0 Å². The van der Waals surface area contributed by atoms with E-state index in [4.69, 9.17) is 4.42 Å². The summed E-state index contributed by atoms with van der Waals surface area (Å²) in [5.74, 6) is 0. The molecule has 5 heteroatoms. The van der Waals surface area contributed by atoms with E-state index in [-0.39, 0.29) is 32.4 Å². The van der Waals surface area contributed by atoms with E-state index in [0.717, 1.165) is 0 Å². The molecular weight excluding hydrogens is 440 g/mol. The minimum atomic E-state index is -0.669. The zero-order valence-corrected chi connectivity index (χ0v) is 18.1. The molecule has 1 heterocycles. The van der Waals surface area contributed by atoms with Crippen LogP contribution in [0.2, 0.25) is 0 Å². The molecule has 35 heavy (non-hydrogen) atoms. The molecule has 5 nitrogen and oxygen atoms in total. The average Bonchev–Trinajstić information content (AvgIpc) is 3.36. The number of hydrogen-bond acceptors (Lipinski definition) is 5. The van der Waals surface area contributed by atoms with E-state index >= 15 is 0 Å². The summed E-state index contributed by atoms with van der Waals surface area (Å²) in [6.45, 7) is 0. The summed E-state index contributed by atoms with van der Waals surface area (Å²) in [5, 5.41) is 4.73. The molecule has 7 aromatic rings. The normalized spacial score (nSPS) is 11.9. The molecule has 0 aliphatic rings. The lowest BCUT2D eigenvalue weighted by Gasteiger charge is -2.02. The Morgan fingerprint density at radius 2 is 0.771 bits per heavy atom. The molecule has 0 saturated carbocycles. The molecule has 0 unspecified atom stereocenters. The second-order valence-corrected chi connectivity index (χ2v) is 8.62. The third-order valence-electron chi connectivity index (χ3n) is 6.90. The molecule has 0 atom stereocenters. The summed E-state index contributed by atoms with van der Waals surface area (Å²) < 4.78 is 5.33. The van der Waals surface area contributed by atoms with Crippen LogP contribution in [0.3, 0.4) is 0 Å². The Bertz CT molecular complexity index is 2300. The molecular formula is C30H14O5. The zero-order chi connectivity index (χ0) is 23.8. The number of fused-ring (bicyclic) bond motifs is 11. The van der Waals surface area contributed by atoms with Crippen molar-refractivity contribution in [2.45, 2.75) is 0 Å². The van der Waals surface area contributed by atoms with Crippen LogP contribution in [0.5, 0.6) is 0 Å². The molecule has 6 aromatic carbocycles. The number of rotatable bonds is 0. The van der Waals surface area contributed by atoms with Gasteiger partial charge in [-0.2, -0.15) is 0 Å². The maximum absolute atomic E-state index is 14.2. The highest BCUT2D eigenvalue weighted by atomic mass is 16.4. The lowest BCUT2D eigenvalue weighted by molar-refractivity contribution is 0.522. The first-order chi connectivity index (χ1) is 17.1. The highest BCUT2D eigenvalue weighted by Gasteiger charge is 2.23. The van der Waals surface area contributed by atoms with Crippen molar-refractivity contribution in [1.82, 2.24) is 0 Å². The minimum Gasteiger partial charge on any atom is -0.431 e. The van der Waals surface area contributed by atoms with Gasteiger partial charge in [0.2, 0.25) is 0 Å². The van der Waals surface area contributed by atoms with Crippen molar-refractivity contribution < 1.29 is 4.42 Å². The van der Waals surface area contributed by atoms with Crippen LogP contribution >= 0.6 is 0 Å². The molecule has 0 N–H and O–H groups in total. The van der Waals surface area contributed by atoms with Gasteiger partial charge in [-0.05, 0) is 22.9 Å². The summed E-state index contributed by atoms with van der Waals surface area (Å²) in [6.07, 6.45) is 1.21. The maximum Gasteiger partial charge on any atom is 0.343 e. The molecule has 0 aliphatic carbocycles. The Kier molecular flexibility index (Phi) is 3.80. The van der Waals surface area contributed by atoms with Crippen molar-refractivity contribution in [2.75, 3.05) is 0 Å². The van der Waals surface area contributed by atoms with Crippen LogP contribution in [0.15, 0.2) is 109 Å². The van der Waals surface area contributed by atoms with Crippen LogP contribution in [0, 0.1) is 0 Å². The fourth-order valence-electron chi connectivity index (χ4n) is 5.46. The van der Waals surface area contributed by atoms with Gasteiger partial charge in [0.25, 0.3) is 0 Å². The Morgan fingerprint density at radius 3 is 1.29 bits per heavy atom. The minimum absolute atomic E-state index is 0.122. The molecule has 0 amide bonds. The van der Waals surface area contributed by atoms with Gasteiger partial charge in [0.05, 0.1) is 11.6 Å². The van der Waals surface area contributed by atoms with Gasteiger partial charge < -0.3 is 4.42 Å². The highest BCUT2D eigenvalue weighted by molar-refractivity contribution is 6.38. The van der Waals surface area contributed by atoms with E-state index in [9.17, 15) is 19.2 Å². The maximum atomic E-state index is 14.2. The van der Waals surface area contributed by atoms with E-state index < -0.39 is 11.1 Å². The average molecular weight is 454 g/mol. The molecule has 0 radical (unpaired) electrons. The lowest BCUT2D eigenvalue weighted by Crippen LogP contribution is -2.05. The molecule has 0 fully saturated rings. The van der Waals surface area contributed by atoms with Crippen molar-refractivity contribution >= 4 is 64.6 Å². The number of benzene rings is 4. The van der Waals surface area contributed by atoms with Crippen molar-refractivity contribution in [3.63, 3.8) is 0 Å². The molecule has 0 aliphatic heterocycles. The van der Waals surface area contributed by atoms with Gasteiger partial charge in [0.15, 0.2) is 16.3 Å². The zero-order valence-electron chi connectivity index (χ0n) is 18.1. The van der Waals surface area contributed by atoms with Crippen molar-refractivity contribution in [3.05, 3.63) is 126 Å². The predicted octanol–water partition coefficient (Wildman–Crippen LogP) is 5.08. The standard InChI is InChI=1S/C30H14O5/c31-27-17-9-3-1-7-15(17)22-24(27)21-13-14-35-30(34)20-12-6-5-11-19(20)28(32)25(21)23-16-8-2-4-10-18(16)29(33)26(22)23/h1-14H. The monoisotopic (exact) mass is 454 g/mol. The molecule has 0 spiro atoms. The van der Waals surface area contributed by atoms with Crippen molar-refractivity contribution in [3.8, 4) is 0 Å². The lowest BCUT2D eigenvalue weighted by atomic mass is 9.97. The molecule has 164 valence electrons. The molecule has 0 bridgehead atoms. The molecule has 7 rings (SSSR count). The Hall–Kier alpha value is -4.90. The number of hydrogen-bond donors (Lipinski definition) is 0. The summed E-state index contributed by atoms with van der Waals surface area (Å²) in [4.78, 5) is 54.3. The summed E-state index contributed by atoms with van der Waals surface area (Å²) in [5.41, 5.74) is -1.60. The summed E-state index contributed by atoms with van der Waals surface area (Å²) in [6, 6.07) is 22.2. The smallest absolute Gasteiger partial charge is 0.343 e. The van der Waals surface area contributed by atoms with Gasteiger partial charge in [-0.15, -0.1) is 0 Å². The van der Waals surface area contributed by atoms with Crippen LogP contribution in [0.1, 0.15) is 0 Å². The van der Waals surface area contributed by atoms with Gasteiger partial charge in [-0.25, -0.2) is 4.79 Å². The van der Waals surface area contributed by atoms with E-state index in [1.807, 2.05) is 24.3 Å². The van der Waals surface area contributed by atoms with Gasteiger partial charge in [-0.3, -0.25) is 14.4 Å². The first-order valence-corrected chi connectivity index (χ1v) is 11.1. The fraction of sp³-hybridized carbons (Fsp3) is 0. The van der Waals surface area contributed by atoms with Crippen LogP contribution in [-0.2, 0) is 0 Å². The fourth-order valence-corrected chi connectivity index (χ4v) is 5.46. The van der Waals surface area contributed by atoms with Crippen LogP contribution in [0.4, 0.5) is 0 Å². The predicted molar refractivity (Wildman–Crippen MR) is 140 cm³/mol. The SMILES string of the molecule is O=c1occc2c(c(=O)c3ccccc13)c1c3ccccc3c(=O)c1c1c3ccccc3c(=O)c21. The highest BCUT2D eigenvalue weighted by Crippen LogP contribution is 2.39. The van der Waals surface area contributed by atoms with Gasteiger partial charge in [-0.1, -0.05) is 66.7 Å². The van der Waals surface area contributed by atoms with Crippen LogP contribution < -0.4 is 21.9 Å². The second kappa shape index (κ2) is 6.81. The van der Waals surface area contributed by atoms with Crippen LogP contribution in [0.25, 0.3) is 64.6 Å². The largest absolute Gasteiger partial charge is 0.431 e. The van der Waals surface area contributed by atoms with E-state index in [1.165, 1.54) is 18.4 Å². The van der Waals surface area contributed by atoms with E-state index in [2.05, 4.69) is 0 Å². The van der Waals surface area contributed by atoms with Crippen LogP contribution in [-0.4, -0.2) is 0 Å². The van der Waals surface area contributed by atoms with Gasteiger partial charge >= 0.3 is 5.63 Å². The Morgan fingerprint density at radius 1 is 0.371 bits per heavy atom. The summed E-state index contributed by atoms with van der Waals surface area (Å²) in [7, 11) is 0. The summed E-state index contributed by atoms with van der Waals surface area (Å²) >= 11 is 0. The third kappa shape index (κ3) is 2.41. The van der Waals surface area contributed by atoms with E-state index in [0.29, 0.717) is 43.1 Å². The van der Waals surface area contributed by atoms with Crippen molar-refractivity contribution in [1.29, 1.82) is 0 Å². The molecule has 1 aromatic heterocycles. The quantitative estimate of drug-likeness (QED) is 0.319. The first-order valence-electron chi connectivity index (χ1n) is 11.1.